The zero-order valence-electron chi connectivity index (χ0n) is 24.3. The molecule has 0 spiro atoms. The van der Waals surface area contributed by atoms with Gasteiger partial charge in [-0.1, -0.05) is 20.8 Å². The van der Waals surface area contributed by atoms with E-state index < -0.39 is 12.0 Å². The lowest BCUT2D eigenvalue weighted by molar-refractivity contribution is 0.0217. The highest BCUT2D eigenvalue weighted by atomic mass is 16.5. The molecule has 11 nitrogen and oxygen atoms in total. The Morgan fingerprint density at radius 1 is 1.20 bits per heavy atom. The van der Waals surface area contributed by atoms with Crippen LogP contribution in [-0.4, -0.2) is 92.2 Å². The molecular formula is C29H39N5O6. The number of amides is 1. The molecule has 11 heteroatoms. The van der Waals surface area contributed by atoms with E-state index in [1.165, 1.54) is 7.05 Å². The molecule has 1 saturated heterocycles. The molecule has 0 unspecified atom stereocenters. The number of fused-ring (bicyclic) bond motifs is 1. The minimum atomic E-state index is -0.663. The van der Waals surface area contributed by atoms with Crippen molar-refractivity contribution in [2.45, 2.75) is 51.9 Å². The standard InChI is InChI=1S/C29H39N5O6/c1-8-40-22-11-17-12-34(27(30)24(17)32-25(22)28(37)31-5)13-20(35)16-9-18(29(2,3)4)26(39-7)19(10-16)33-14-21(36)23(15-33)38-6/h9-11,21,23,30,36H,8,12-15H2,1-7H3,(H,31,37)/t21-,23-/m1/s1. The van der Waals surface area contributed by atoms with Crippen molar-refractivity contribution in [1.29, 1.82) is 5.41 Å². The van der Waals surface area contributed by atoms with Crippen LogP contribution in [0.5, 0.6) is 11.5 Å². The second-order valence-corrected chi connectivity index (χ2v) is 11.1. The number of aliphatic hydroxyl groups is 1. The first-order valence-corrected chi connectivity index (χ1v) is 13.4. The molecule has 1 aromatic heterocycles. The van der Waals surface area contributed by atoms with E-state index in [1.807, 2.05) is 17.9 Å². The van der Waals surface area contributed by atoms with Crippen LogP contribution in [0.25, 0.3) is 0 Å². The fourth-order valence-corrected chi connectivity index (χ4v) is 5.21. The van der Waals surface area contributed by atoms with Crippen molar-refractivity contribution >= 4 is 23.2 Å². The van der Waals surface area contributed by atoms with E-state index in [9.17, 15) is 14.7 Å². The predicted octanol–water partition coefficient (Wildman–Crippen LogP) is 2.37. The van der Waals surface area contributed by atoms with Crippen molar-refractivity contribution < 1.29 is 28.9 Å². The maximum Gasteiger partial charge on any atom is 0.273 e. The highest BCUT2D eigenvalue weighted by Gasteiger charge is 2.36. The molecule has 40 heavy (non-hydrogen) atoms. The molecule has 216 valence electrons. The van der Waals surface area contributed by atoms with Crippen molar-refractivity contribution in [2.24, 2.45) is 0 Å². The van der Waals surface area contributed by atoms with Crippen LogP contribution in [0.3, 0.4) is 0 Å². The number of aromatic nitrogens is 1. The number of β-amino-alcohol motifs (C(OH)–C–C–N with tert-alkyl or cyclic N) is 1. The average molecular weight is 554 g/mol. The van der Waals surface area contributed by atoms with Crippen LogP contribution in [0, 0.1) is 5.41 Å². The van der Waals surface area contributed by atoms with E-state index in [0.717, 1.165) is 16.8 Å². The Bertz CT molecular complexity index is 1320. The second-order valence-electron chi connectivity index (χ2n) is 11.1. The zero-order chi connectivity index (χ0) is 29.4. The summed E-state index contributed by atoms with van der Waals surface area (Å²) < 4.78 is 16.9. The normalized spacial score (nSPS) is 18.6. The number of ether oxygens (including phenoxy) is 3. The van der Waals surface area contributed by atoms with E-state index in [2.05, 4.69) is 31.1 Å². The Labute approximate surface area is 234 Å². The van der Waals surface area contributed by atoms with Crippen LogP contribution in [0.4, 0.5) is 5.69 Å². The van der Waals surface area contributed by atoms with E-state index in [0.29, 0.717) is 49.0 Å². The second kappa shape index (κ2) is 11.4. The molecule has 0 bridgehead atoms. The molecule has 0 saturated carbocycles. The van der Waals surface area contributed by atoms with Gasteiger partial charge in [0.05, 0.1) is 32.1 Å². The van der Waals surface area contributed by atoms with Gasteiger partial charge in [-0.2, -0.15) is 0 Å². The Morgan fingerprint density at radius 2 is 1.93 bits per heavy atom. The number of methoxy groups -OCH3 is 2. The summed E-state index contributed by atoms with van der Waals surface area (Å²) in [6.45, 7) is 9.40. The number of nitrogens with zero attached hydrogens (tertiary/aromatic N) is 3. The molecule has 0 radical (unpaired) electrons. The number of carbonyl (C=O) groups excluding carboxylic acids is 2. The third kappa shape index (κ3) is 5.48. The van der Waals surface area contributed by atoms with Gasteiger partial charge in [0.2, 0.25) is 0 Å². The Balaban J connectivity index is 1.67. The van der Waals surface area contributed by atoms with Gasteiger partial charge in [-0.05, 0) is 30.5 Å². The fourth-order valence-electron chi connectivity index (χ4n) is 5.21. The fraction of sp³-hybridized carbons (Fsp3) is 0.517. The van der Waals surface area contributed by atoms with Gasteiger partial charge < -0.3 is 34.4 Å². The van der Waals surface area contributed by atoms with Crippen LogP contribution >= 0.6 is 0 Å². The molecule has 2 aromatic rings. The lowest BCUT2D eigenvalue weighted by atomic mass is 9.84. The van der Waals surface area contributed by atoms with Crippen LogP contribution in [0.1, 0.15) is 65.4 Å². The predicted molar refractivity (Wildman–Crippen MR) is 151 cm³/mol. The molecule has 4 rings (SSSR count). The average Bonchev–Trinajstić information content (AvgIpc) is 3.44. The Morgan fingerprint density at radius 3 is 2.50 bits per heavy atom. The SMILES string of the molecule is CCOc1cc2c(nc1C(=O)NC)C(=N)N(CC(=O)c1cc(N3C[C@@H](O)[C@H](OC)C3)c(OC)c(C(C)(C)C)c1)C2. The van der Waals surface area contributed by atoms with E-state index >= 15 is 0 Å². The van der Waals surface area contributed by atoms with Crippen molar-refractivity contribution in [2.75, 3.05) is 52.4 Å². The molecule has 1 fully saturated rings. The molecule has 0 aliphatic carbocycles. The summed E-state index contributed by atoms with van der Waals surface area (Å²) in [5.41, 5.74) is 2.92. The van der Waals surface area contributed by atoms with Gasteiger partial charge in [0.1, 0.15) is 23.4 Å². The lowest BCUT2D eigenvalue weighted by Gasteiger charge is -2.29. The number of anilines is 1. The number of hydrogen-bond acceptors (Lipinski definition) is 9. The number of nitrogens with one attached hydrogen (secondary N) is 2. The number of ketones is 1. The molecular weight excluding hydrogens is 514 g/mol. The Kier molecular flexibility index (Phi) is 8.36. The van der Waals surface area contributed by atoms with E-state index in [4.69, 9.17) is 19.6 Å². The molecule has 2 aliphatic rings. The van der Waals surface area contributed by atoms with Crippen LogP contribution < -0.4 is 19.7 Å². The molecule has 3 N–H and O–H groups in total. The van der Waals surface area contributed by atoms with Crippen LogP contribution in [0.15, 0.2) is 18.2 Å². The largest absolute Gasteiger partial charge is 0.494 e. The van der Waals surface area contributed by atoms with Gasteiger partial charge in [-0.3, -0.25) is 15.0 Å². The number of carbonyl (C=O) groups is 2. The Hall–Kier alpha value is -3.70. The summed E-state index contributed by atoms with van der Waals surface area (Å²) in [4.78, 5) is 34.2. The minimum absolute atomic E-state index is 0.0485. The van der Waals surface area contributed by atoms with Gasteiger partial charge in [-0.25, -0.2) is 4.98 Å². The number of rotatable bonds is 9. The van der Waals surface area contributed by atoms with Crippen molar-refractivity contribution in [3.8, 4) is 11.5 Å². The summed E-state index contributed by atoms with van der Waals surface area (Å²) >= 11 is 0. The number of Topliss-reactive ketones (excluding diaryl/α,β-unsaturated/α-hetero) is 1. The number of pyridine rings is 1. The van der Waals surface area contributed by atoms with Crippen molar-refractivity contribution in [3.63, 3.8) is 0 Å². The summed E-state index contributed by atoms with van der Waals surface area (Å²) in [7, 11) is 4.69. The van der Waals surface area contributed by atoms with Crippen LogP contribution in [-0.2, 0) is 16.7 Å². The van der Waals surface area contributed by atoms with Gasteiger partial charge in [0.25, 0.3) is 5.91 Å². The maximum absolute atomic E-state index is 13.7. The summed E-state index contributed by atoms with van der Waals surface area (Å²) in [5, 5.41) is 21.8. The number of amidine groups is 1. The molecule has 3 heterocycles. The van der Waals surface area contributed by atoms with Gasteiger partial charge in [0.15, 0.2) is 17.2 Å². The molecule has 2 atom stereocenters. The van der Waals surface area contributed by atoms with Gasteiger partial charge >= 0.3 is 0 Å². The first-order chi connectivity index (χ1) is 18.9. The van der Waals surface area contributed by atoms with Crippen molar-refractivity contribution in [1.82, 2.24) is 15.2 Å². The smallest absolute Gasteiger partial charge is 0.273 e. The van der Waals surface area contributed by atoms with Gasteiger partial charge in [0, 0.05) is 50.5 Å². The lowest BCUT2D eigenvalue weighted by Crippen LogP contribution is -2.31. The first kappa shape index (κ1) is 29.3. The maximum atomic E-state index is 13.7. The summed E-state index contributed by atoms with van der Waals surface area (Å²) in [6, 6.07) is 5.37. The highest BCUT2D eigenvalue weighted by molar-refractivity contribution is 6.06. The monoisotopic (exact) mass is 553 g/mol. The third-order valence-electron chi connectivity index (χ3n) is 7.33. The minimum Gasteiger partial charge on any atom is -0.494 e. The number of benzene rings is 1. The quantitative estimate of drug-likeness (QED) is 0.400. The first-order valence-electron chi connectivity index (χ1n) is 13.4. The zero-order valence-corrected chi connectivity index (χ0v) is 24.3. The van der Waals surface area contributed by atoms with Gasteiger partial charge in [-0.15, -0.1) is 0 Å². The molecule has 1 amide bonds. The number of hydrogen-bond donors (Lipinski definition) is 3. The van der Waals surface area contributed by atoms with Crippen molar-refractivity contribution in [3.05, 3.63) is 46.3 Å². The highest BCUT2D eigenvalue weighted by Crippen LogP contribution is 2.41. The summed E-state index contributed by atoms with van der Waals surface area (Å²) in [6.07, 6.45) is -1.01. The number of aliphatic hydroxyl groups excluding tert-OH is 1. The summed E-state index contributed by atoms with van der Waals surface area (Å²) in [5.74, 6) is 0.498. The molecule has 1 aromatic carbocycles. The van der Waals surface area contributed by atoms with Crippen LogP contribution in [0.2, 0.25) is 0 Å². The third-order valence-corrected chi connectivity index (χ3v) is 7.33. The molecule has 2 aliphatic heterocycles. The van der Waals surface area contributed by atoms with E-state index in [1.54, 1.807) is 31.3 Å². The van der Waals surface area contributed by atoms with E-state index in [-0.39, 0.29) is 35.4 Å². The topological polar surface area (TPSA) is 137 Å².